The lowest BCUT2D eigenvalue weighted by Crippen LogP contribution is -2.16. The van der Waals surface area contributed by atoms with Crippen molar-refractivity contribution in [1.82, 2.24) is 0 Å². The Morgan fingerprint density at radius 3 is 3.00 bits per heavy atom. The number of hydrogen-bond acceptors (Lipinski definition) is 5. The molecule has 1 amide bonds. The summed E-state index contributed by atoms with van der Waals surface area (Å²) in [4.78, 5) is 21.5. The largest absolute Gasteiger partial charge is 0.480 e. The fraction of sp³-hybridized carbons (Fsp3) is 0.300. The van der Waals surface area contributed by atoms with Gasteiger partial charge < -0.3 is 15.2 Å². The lowest BCUT2D eigenvalue weighted by Gasteiger charge is -2.03. The highest BCUT2D eigenvalue weighted by atomic mass is 32.1. The molecule has 0 unspecified atom stereocenters. The van der Waals surface area contributed by atoms with E-state index in [2.05, 4.69) is 5.32 Å². The van der Waals surface area contributed by atoms with Crippen molar-refractivity contribution >= 4 is 28.2 Å². The maximum Gasteiger partial charge on any atom is 0.329 e. The average molecular weight is 254 g/mol. The summed E-state index contributed by atoms with van der Waals surface area (Å²) in [7, 11) is 0. The number of nitrogens with one attached hydrogen (secondary N) is 1. The molecule has 0 aromatic carbocycles. The number of nitrogens with zero attached hydrogens (tertiary/aromatic N) is 1. The van der Waals surface area contributed by atoms with Gasteiger partial charge in [0.05, 0.1) is 18.6 Å². The number of hydrogen-bond donors (Lipinski definition) is 2. The van der Waals surface area contributed by atoms with Gasteiger partial charge in [-0.25, -0.2) is 4.79 Å². The molecular formula is C10H10N2O4S. The summed E-state index contributed by atoms with van der Waals surface area (Å²) in [5.41, 5.74) is 0.412. The number of amides is 1. The van der Waals surface area contributed by atoms with Crippen LogP contribution in [0.25, 0.3) is 0 Å². The standard InChI is InChI=1S/C10H10N2O4S/c11-5-7-2-4-17-10(7)12-8(13)1-3-16-6-9(14)15/h2,4H,1,3,6H2,(H,12,13)(H,14,15). The molecule has 6 nitrogen and oxygen atoms in total. The number of rotatable bonds is 6. The number of carboxylic acid groups (broad SMARTS) is 1. The van der Waals surface area contributed by atoms with Crippen LogP contribution in [0.3, 0.4) is 0 Å². The van der Waals surface area contributed by atoms with E-state index in [1.165, 1.54) is 11.3 Å². The topological polar surface area (TPSA) is 99.4 Å². The Morgan fingerprint density at radius 2 is 2.35 bits per heavy atom. The molecule has 1 aromatic heterocycles. The Kier molecular flexibility index (Phi) is 5.13. The van der Waals surface area contributed by atoms with Crippen LogP contribution in [-0.2, 0) is 14.3 Å². The number of carbonyl (C=O) groups excluding carboxylic acids is 1. The highest BCUT2D eigenvalue weighted by Gasteiger charge is 2.08. The molecule has 0 spiro atoms. The Morgan fingerprint density at radius 1 is 1.59 bits per heavy atom. The van der Waals surface area contributed by atoms with Crippen molar-refractivity contribution in [3.63, 3.8) is 0 Å². The minimum Gasteiger partial charge on any atom is -0.480 e. The Balaban J connectivity index is 2.31. The summed E-state index contributed by atoms with van der Waals surface area (Å²) in [6.45, 7) is -0.388. The summed E-state index contributed by atoms with van der Waals surface area (Å²) in [6, 6.07) is 3.56. The second kappa shape index (κ2) is 6.62. The lowest BCUT2D eigenvalue weighted by molar-refractivity contribution is -0.142. The van der Waals surface area contributed by atoms with E-state index < -0.39 is 12.6 Å². The molecule has 0 aliphatic carbocycles. The Bertz CT molecular complexity index is 449. The van der Waals surface area contributed by atoms with E-state index in [0.717, 1.165) is 0 Å². The number of anilines is 1. The molecule has 0 bridgehead atoms. The van der Waals surface area contributed by atoms with Crippen molar-refractivity contribution in [2.75, 3.05) is 18.5 Å². The first-order valence-corrected chi connectivity index (χ1v) is 5.58. The van der Waals surface area contributed by atoms with Gasteiger partial charge in [-0.15, -0.1) is 11.3 Å². The number of aliphatic carboxylic acids is 1. The molecule has 0 saturated carbocycles. The molecule has 0 fully saturated rings. The zero-order valence-electron chi connectivity index (χ0n) is 8.80. The van der Waals surface area contributed by atoms with Gasteiger partial charge in [0.25, 0.3) is 0 Å². The smallest absolute Gasteiger partial charge is 0.329 e. The fourth-order valence-electron chi connectivity index (χ4n) is 1.01. The summed E-state index contributed by atoms with van der Waals surface area (Å²) in [5.74, 6) is -1.38. The van der Waals surface area contributed by atoms with Crippen molar-refractivity contribution in [2.24, 2.45) is 0 Å². The minimum absolute atomic E-state index is 0.0331. The molecule has 1 aromatic rings. The average Bonchev–Trinajstić information content (AvgIpc) is 2.71. The first-order chi connectivity index (χ1) is 8.13. The van der Waals surface area contributed by atoms with Crippen LogP contribution in [0.4, 0.5) is 5.00 Å². The van der Waals surface area contributed by atoms with Crippen LogP contribution in [-0.4, -0.2) is 30.2 Å². The molecule has 1 heterocycles. The Hall–Kier alpha value is -1.91. The molecule has 17 heavy (non-hydrogen) atoms. The molecule has 0 radical (unpaired) electrons. The number of thiophene rings is 1. The van der Waals surface area contributed by atoms with Crippen LogP contribution in [0.5, 0.6) is 0 Å². The van der Waals surface area contributed by atoms with Crippen LogP contribution in [0.15, 0.2) is 11.4 Å². The van der Waals surface area contributed by atoms with E-state index in [1.54, 1.807) is 11.4 Å². The predicted molar refractivity (Wildman–Crippen MR) is 60.7 cm³/mol. The molecular weight excluding hydrogens is 244 g/mol. The maximum absolute atomic E-state index is 11.4. The second-order valence-corrected chi connectivity index (χ2v) is 3.94. The van der Waals surface area contributed by atoms with Gasteiger partial charge >= 0.3 is 5.97 Å². The van der Waals surface area contributed by atoms with Gasteiger partial charge in [0.2, 0.25) is 5.91 Å². The summed E-state index contributed by atoms with van der Waals surface area (Å²) < 4.78 is 4.72. The lowest BCUT2D eigenvalue weighted by atomic mass is 10.3. The first-order valence-electron chi connectivity index (χ1n) is 4.70. The molecule has 2 N–H and O–H groups in total. The van der Waals surface area contributed by atoms with E-state index in [9.17, 15) is 9.59 Å². The van der Waals surface area contributed by atoms with Crippen molar-refractivity contribution in [1.29, 1.82) is 5.26 Å². The van der Waals surface area contributed by atoms with Gasteiger partial charge in [-0.05, 0) is 11.4 Å². The van der Waals surface area contributed by atoms with E-state index in [-0.39, 0.29) is 18.9 Å². The SMILES string of the molecule is N#Cc1ccsc1NC(=O)CCOCC(=O)O. The third-order valence-corrected chi connectivity index (χ3v) is 2.57. The molecule has 7 heteroatoms. The third-order valence-electron chi connectivity index (χ3n) is 1.74. The number of carbonyl (C=O) groups is 2. The predicted octanol–water partition coefficient (Wildman–Crippen LogP) is 1.05. The van der Waals surface area contributed by atoms with E-state index in [0.29, 0.717) is 10.6 Å². The first kappa shape index (κ1) is 13.2. The fourth-order valence-corrected chi connectivity index (χ4v) is 1.76. The minimum atomic E-state index is -1.07. The van der Waals surface area contributed by atoms with Gasteiger partial charge in [-0.2, -0.15) is 5.26 Å². The molecule has 0 aliphatic rings. The second-order valence-electron chi connectivity index (χ2n) is 3.02. The molecule has 0 aliphatic heterocycles. The van der Waals surface area contributed by atoms with Crippen molar-refractivity contribution in [3.05, 3.63) is 17.0 Å². The summed E-state index contributed by atoms with van der Waals surface area (Å²) in [6.07, 6.45) is 0.0516. The van der Waals surface area contributed by atoms with E-state index in [1.807, 2.05) is 6.07 Å². The van der Waals surface area contributed by atoms with Crippen molar-refractivity contribution in [2.45, 2.75) is 6.42 Å². The van der Waals surface area contributed by atoms with Crippen LogP contribution in [0.1, 0.15) is 12.0 Å². The van der Waals surface area contributed by atoms with Gasteiger partial charge in [0.1, 0.15) is 17.7 Å². The monoisotopic (exact) mass is 254 g/mol. The summed E-state index contributed by atoms with van der Waals surface area (Å²) >= 11 is 1.26. The maximum atomic E-state index is 11.4. The highest BCUT2D eigenvalue weighted by Crippen LogP contribution is 2.22. The van der Waals surface area contributed by atoms with Crippen molar-refractivity contribution < 1.29 is 19.4 Å². The zero-order chi connectivity index (χ0) is 12.7. The molecule has 1 rings (SSSR count). The molecule has 90 valence electrons. The normalized spacial score (nSPS) is 9.59. The van der Waals surface area contributed by atoms with Crippen LogP contribution in [0, 0.1) is 11.3 Å². The van der Waals surface area contributed by atoms with Gasteiger partial charge in [-0.1, -0.05) is 0 Å². The van der Waals surface area contributed by atoms with Crippen LogP contribution < -0.4 is 5.32 Å². The van der Waals surface area contributed by atoms with E-state index >= 15 is 0 Å². The van der Waals surface area contributed by atoms with Gasteiger partial charge in [0.15, 0.2) is 0 Å². The Labute approximate surface area is 101 Å². The quantitative estimate of drug-likeness (QED) is 0.739. The summed E-state index contributed by atoms with van der Waals surface area (Å²) in [5, 5.41) is 21.8. The van der Waals surface area contributed by atoms with Gasteiger partial charge in [-0.3, -0.25) is 4.79 Å². The van der Waals surface area contributed by atoms with Gasteiger partial charge in [0, 0.05) is 0 Å². The number of nitriles is 1. The van der Waals surface area contributed by atoms with E-state index in [4.69, 9.17) is 15.1 Å². The third kappa shape index (κ3) is 4.63. The van der Waals surface area contributed by atoms with Crippen LogP contribution in [0.2, 0.25) is 0 Å². The highest BCUT2D eigenvalue weighted by molar-refractivity contribution is 7.14. The van der Waals surface area contributed by atoms with Crippen LogP contribution >= 0.6 is 11.3 Å². The zero-order valence-corrected chi connectivity index (χ0v) is 9.62. The number of carboxylic acids is 1. The molecule has 0 atom stereocenters. The van der Waals surface area contributed by atoms with Crippen molar-refractivity contribution in [3.8, 4) is 6.07 Å². The molecule has 0 saturated heterocycles. The number of ether oxygens (including phenoxy) is 1.